The first-order chi connectivity index (χ1) is 11.8. The largest absolute Gasteiger partial charge is 0.296 e. The van der Waals surface area contributed by atoms with Gasteiger partial charge in [-0.05, 0) is 35.4 Å². The van der Waals surface area contributed by atoms with E-state index in [1.165, 1.54) is 51.8 Å². The second-order valence-electron chi connectivity index (χ2n) is 5.79. The van der Waals surface area contributed by atoms with Crippen molar-refractivity contribution in [2.75, 3.05) is 5.32 Å². The minimum atomic E-state index is -0.292. The monoisotopic (exact) mass is 332 g/mol. The van der Waals surface area contributed by atoms with E-state index in [-0.39, 0.29) is 11.6 Å². The Morgan fingerprint density at radius 1 is 1.17 bits per heavy atom. The predicted molar refractivity (Wildman–Crippen MR) is 94.5 cm³/mol. The van der Waals surface area contributed by atoms with Crippen LogP contribution in [-0.2, 0) is 12.8 Å². The molecule has 6 heteroatoms. The van der Waals surface area contributed by atoms with Crippen LogP contribution in [0.2, 0.25) is 0 Å². The van der Waals surface area contributed by atoms with Gasteiger partial charge in [0, 0.05) is 17.8 Å². The van der Waals surface area contributed by atoms with Crippen LogP contribution in [0, 0.1) is 0 Å². The van der Waals surface area contributed by atoms with Crippen molar-refractivity contribution in [2.45, 2.75) is 12.8 Å². The number of aromatic nitrogens is 3. The molecule has 0 unspecified atom stereocenters. The van der Waals surface area contributed by atoms with Crippen LogP contribution in [0.3, 0.4) is 0 Å². The molecule has 0 spiro atoms. The fraction of sp³-hybridized carbons (Fsp3) is 0.111. The number of nitrogens with zero attached hydrogens (tertiary/aromatic N) is 3. The zero-order valence-electron chi connectivity index (χ0n) is 12.6. The highest BCUT2D eigenvalue weighted by atomic mass is 32.1. The van der Waals surface area contributed by atoms with Gasteiger partial charge in [-0.25, -0.2) is 9.97 Å². The smallest absolute Gasteiger partial charge is 0.277 e. The molecule has 4 aromatic rings. The third kappa shape index (κ3) is 2.00. The van der Waals surface area contributed by atoms with E-state index in [9.17, 15) is 4.79 Å². The Balaban J connectivity index is 1.61. The second kappa shape index (κ2) is 5.07. The van der Waals surface area contributed by atoms with Crippen LogP contribution >= 0.6 is 11.3 Å². The lowest BCUT2D eigenvalue weighted by molar-refractivity contribution is 0.102. The lowest BCUT2D eigenvalue weighted by Crippen LogP contribution is -2.13. The van der Waals surface area contributed by atoms with Crippen molar-refractivity contribution in [3.63, 3.8) is 0 Å². The van der Waals surface area contributed by atoms with Gasteiger partial charge in [-0.3, -0.25) is 15.1 Å². The summed E-state index contributed by atoms with van der Waals surface area (Å²) in [6, 6.07) is 8.60. The average Bonchev–Trinajstić information content (AvgIpc) is 3.21. The lowest BCUT2D eigenvalue weighted by atomic mass is 10.0. The fourth-order valence-corrected chi connectivity index (χ4v) is 4.28. The third-order valence-electron chi connectivity index (χ3n) is 4.37. The number of aryl methyl sites for hydroxylation is 2. The Morgan fingerprint density at radius 3 is 2.96 bits per heavy atom. The van der Waals surface area contributed by atoms with Gasteiger partial charge in [0.2, 0.25) is 0 Å². The number of carbonyl (C=O) groups excluding carboxylic acids is 1. The number of hydrogen-bond donors (Lipinski definition) is 1. The first-order valence-corrected chi connectivity index (χ1v) is 8.52. The highest BCUT2D eigenvalue weighted by molar-refractivity contribution is 7.22. The van der Waals surface area contributed by atoms with Gasteiger partial charge in [0.1, 0.15) is 5.69 Å². The molecule has 5 nitrogen and oxygen atoms in total. The quantitative estimate of drug-likeness (QED) is 0.609. The van der Waals surface area contributed by atoms with Gasteiger partial charge in [-0.15, -0.1) is 0 Å². The van der Waals surface area contributed by atoms with Crippen LogP contribution in [0.4, 0.5) is 5.13 Å². The minimum absolute atomic E-state index is 0.283. The van der Waals surface area contributed by atoms with E-state index in [1.54, 1.807) is 0 Å². The number of amides is 1. The first-order valence-electron chi connectivity index (χ1n) is 7.71. The summed E-state index contributed by atoms with van der Waals surface area (Å²) < 4.78 is 1.10. The van der Waals surface area contributed by atoms with E-state index in [4.69, 9.17) is 0 Å². The number of carbonyl (C=O) groups is 1. The summed E-state index contributed by atoms with van der Waals surface area (Å²) in [4.78, 5) is 24.8. The van der Waals surface area contributed by atoms with Gasteiger partial charge in [0.25, 0.3) is 5.91 Å². The normalized spacial score (nSPS) is 12.8. The minimum Gasteiger partial charge on any atom is -0.296 e. The molecule has 0 bridgehead atoms. The SMILES string of the molecule is O=C(Nc1nc2c(cc3c4c(cccc42)CC3)s1)c1cnccn1. The van der Waals surface area contributed by atoms with E-state index in [1.807, 2.05) is 0 Å². The molecule has 2 aromatic heterocycles. The van der Waals surface area contributed by atoms with Crippen LogP contribution < -0.4 is 5.32 Å². The van der Waals surface area contributed by atoms with Gasteiger partial charge in [-0.1, -0.05) is 29.5 Å². The van der Waals surface area contributed by atoms with Crippen molar-refractivity contribution in [3.8, 4) is 0 Å². The molecule has 1 aliphatic carbocycles. The van der Waals surface area contributed by atoms with E-state index in [0.29, 0.717) is 5.13 Å². The molecule has 116 valence electrons. The van der Waals surface area contributed by atoms with Gasteiger partial charge >= 0.3 is 0 Å². The summed E-state index contributed by atoms with van der Waals surface area (Å²) >= 11 is 1.50. The molecule has 0 aliphatic heterocycles. The number of rotatable bonds is 2. The molecule has 1 aliphatic rings. The van der Waals surface area contributed by atoms with Crippen LogP contribution in [0.25, 0.3) is 21.0 Å². The molecule has 1 amide bonds. The fourth-order valence-electron chi connectivity index (χ4n) is 3.34. The molecular weight excluding hydrogens is 320 g/mol. The first kappa shape index (κ1) is 13.6. The summed E-state index contributed by atoms with van der Waals surface area (Å²) in [5.74, 6) is -0.292. The molecule has 24 heavy (non-hydrogen) atoms. The number of fused-ring (bicyclic) bond motifs is 2. The van der Waals surface area contributed by atoms with E-state index in [0.717, 1.165) is 23.1 Å². The number of nitrogens with one attached hydrogen (secondary N) is 1. The van der Waals surface area contributed by atoms with E-state index in [2.05, 4.69) is 44.5 Å². The van der Waals surface area contributed by atoms with Crippen molar-refractivity contribution >= 4 is 43.4 Å². The molecule has 0 radical (unpaired) electrons. The van der Waals surface area contributed by atoms with Crippen LogP contribution in [0.15, 0.2) is 42.9 Å². The van der Waals surface area contributed by atoms with Gasteiger partial charge in [0.15, 0.2) is 5.13 Å². The zero-order chi connectivity index (χ0) is 16.1. The average molecular weight is 332 g/mol. The van der Waals surface area contributed by atoms with Crippen molar-refractivity contribution in [1.82, 2.24) is 15.0 Å². The maximum Gasteiger partial charge on any atom is 0.277 e. The number of benzene rings is 2. The Hall–Kier alpha value is -2.86. The molecule has 0 saturated carbocycles. The number of anilines is 1. The summed E-state index contributed by atoms with van der Waals surface area (Å²) in [6.45, 7) is 0. The van der Waals surface area contributed by atoms with E-state index < -0.39 is 0 Å². The molecule has 2 aromatic carbocycles. The van der Waals surface area contributed by atoms with Crippen molar-refractivity contribution in [2.24, 2.45) is 0 Å². The Kier molecular flexibility index (Phi) is 2.87. The summed E-state index contributed by atoms with van der Waals surface area (Å²) in [7, 11) is 0. The van der Waals surface area contributed by atoms with Crippen molar-refractivity contribution < 1.29 is 4.79 Å². The summed E-state index contributed by atoms with van der Waals surface area (Å²) in [6.07, 6.45) is 6.66. The second-order valence-corrected chi connectivity index (χ2v) is 6.82. The molecule has 1 N–H and O–H groups in total. The van der Waals surface area contributed by atoms with Gasteiger partial charge in [0.05, 0.1) is 16.4 Å². The number of hydrogen-bond acceptors (Lipinski definition) is 5. The Labute approximate surface area is 141 Å². The highest BCUT2D eigenvalue weighted by Crippen LogP contribution is 2.39. The third-order valence-corrected chi connectivity index (χ3v) is 5.28. The molecule has 0 saturated heterocycles. The predicted octanol–water partition coefficient (Wildman–Crippen LogP) is 3.59. The Bertz CT molecular complexity index is 1100. The Morgan fingerprint density at radius 2 is 2.08 bits per heavy atom. The summed E-state index contributed by atoms with van der Waals surface area (Å²) in [5.41, 5.74) is 4.01. The molecular formula is C18H12N4OS. The zero-order valence-corrected chi connectivity index (χ0v) is 13.4. The molecule has 0 fully saturated rings. The van der Waals surface area contributed by atoms with Crippen LogP contribution in [0.5, 0.6) is 0 Å². The number of thiazole rings is 1. The van der Waals surface area contributed by atoms with Crippen LogP contribution in [0.1, 0.15) is 21.6 Å². The lowest BCUT2D eigenvalue weighted by Gasteiger charge is -2.02. The summed E-state index contributed by atoms with van der Waals surface area (Å²) in [5, 5.41) is 5.93. The highest BCUT2D eigenvalue weighted by Gasteiger charge is 2.19. The maximum absolute atomic E-state index is 12.2. The van der Waals surface area contributed by atoms with Gasteiger partial charge in [-0.2, -0.15) is 0 Å². The van der Waals surface area contributed by atoms with Crippen molar-refractivity contribution in [1.29, 1.82) is 0 Å². The maximum atomic E-state index is 12.2. The molecule has 0 atom stereocenters. The standard InChI is InChI=1S/C18H12N4OS/c23-17(13-9-19-6-7-20-13)22-18-21-16-12-3-1-2-10-4-5-11(15(10)12)8-14(16)24-18/h1-3,6-9H,4-5H2,(H,21,22,23). The molecule has 2 heterocycles. The van der Waals surface area contributed by atoms with E-state index >= 15 is 0 Å². The van der Waals surface area contributed by atoms with Crippen molar-refractivity contribution in [3.05, 3.63) is 59.7 Å². The van der Waals surface area contributed by atoms with Crippen LogP contribution in [-0.4, -0.2) is 20.9 Å². The topological polar surface area (TPSA) is 67.8 Å². The molecule has 5 rings (SSSR count). The van der Waals surface area contributed by atoms with Gasteiger partial charge < -0.3 is 0 Å².